The largest absolute Gasteiger partial charge is 0.492 e. The Balaban J connectivity index is 1.49. The monoisotopic (exact) mass is 509 g/mol. The minimum absolute atomic E-state index is 0.170. The third-order valence-corrected chi connectivity index (χ3v) is 6.87. The lowest BCUT2D eigenvalue weighted by atomic mass is 10.2. The van der Waals surface area contributed by atoms with Crippen LogP contribution < -0.4 is 20.3 Å². The molecule has 0 saturated carbocycles. The molecule has 36 heavy (non-hydrogen) atoms. The summed E-state index contributed by atoms with van der Waals surface area (Å²) < 4.78 is 35.9. The molecule has 2 aromatic heterocycles. The van der Waals surface area contributed by atoms with E-state index in [9.17, 15) is 8.42 Å². The number of rotatable bonds is 8. The third-order valence-electron chi connectivity index (χ3n) is 5.71. The standard InChI is InChI=1S/C24H27N7O4S/c1-3-35-19-14-16(31-10-12-34-13-11-31)8-9-17(19)28-24-29-22-21(25-15-26-22)23(30-24)27-18-6-4-5-7-20(18)36(2,32)33/h4-9,14-15H,3,10-13H2,1-2H3,(H3,25,26,27,28,29,30). The number of morpholine rings is 1. The highest BCUT2D eigenvalue weighted by Gasteiger charge is 2.18. The van der Waals surface area contributed by atoms with E-state index in [0.29, 0.717) is 53.9 Å². The van der Waals surface area contributed by atoms with Crippen LogP contribution in [0.4, 0.5) is 28.8 Å². The van der Waals surface area contributed by atoms with Gasteiger partial charge in [0.1, 0.15) is 11.3 Å². The van der Waals surface area contributed by atoms with Crippen LogP contribution in [0.3, 0.4) is 0 Å². The summed E-state index contributed by atoms with van der Waals surface area (Å²) in [6, 6.07) is 12.6. The number of hydrogen-bond donors (Lipinski definition) is 3. The van der Waals surface area contributed by atoms with Crippen molar-refractivity contribution >= 4 is 49.8 Å². The van der Waals surface area contributed by atoms with Crippen molar-refractivity contribution in [3.63, 3.8) is 0 Å². The molecule has 0 spiro atoms. The van der Waals surface area contributed by atoms with E-state index in [4.69, 9.17) is 9.47 Å². The van der Waals surface area contributed by atoms with E-state index in [1.54, 1.807) is 24.3 Å². The number of aromatic amines is 1. The number of nitrogens with one attached hydrogen (secondary N) is 3. The van der Waals surface area contributed by atoms with Crippen LogP contribution in [0.25, 0.3) is 11.2 Å². The van der Waals surface area contributed by atoms with E-state index < -0.39 is 9.84 Å². The number of benzene rings is 2. The van der Waals surface area contributed by atoms with E-state index in [2.05, 4.69) is 35.5 Å². The fraction of sp³-hybridized carbons (Fsp3) is 0.292. The number of para-hydroxylation sites is 1. The van der Waals surface area contributed by atoms with Crippen molar-refractivity contribution in [3.8, 4) is 5.75 Å². The fourth-order valence-corrected chi connectivity index (χ4v) is 4.87. The molecule has 0 atom stereocenters. The molecule has 1 saturated heterocycles. The van der Waals surface area contributed by atoms with Crippen LogP contribution >= 0.6 is 0 Å². The van der Waals surface area contributed by atoms with Crippen molar-refractivity contribution in [2.45, 2.75) is 11.8 Å². The van der Waals surface area contributed by atoms with Gasteiger partial charge in [0.2, 0.25) is 5.95 Å². The normalized spacial score (nSPS) is 14.1. The maximum absolute atomic E-state index is 12.3. The Morgan fingerprint density at radius 1 is 1.08 bits per heavy atom. The second-order valence-electron chi connectivity index (χ2n) is 8.23. The smallest absolute Gasteiger partial charge is 0.231 e. The first-order valence-corrected chi connectivity index (χ1v) is 13.5. The molecule has 1 aliphatic rings. The van der Waals surface area contributed by atoms with E-state index >= 15 is 0 Å². The second kappa shape index (κ2) is 9.99. The molecule has 2 aromatic carbocycles. The van der Waals surface area contributed by atoms with E-state index in [1.807, 2.05) is 25.1 Å². The first-order chi connectivity index (χ1) is 17.4. The lowest BCUT2D eigenvalue weighted by Gasteiger charge is -2.29. The molecule has 12 heteroatoms. The summed E-state index contributed by atoms with van der Waals surface area (Å²) in [7, 11) is -3.45. The minimum Gasteiger partial charge on any atom is -0.492 e. The highest BCUT2D eigenvalue weighted by atomic mass is 32.2. The first-order valence-electron chi connectivity index (χ1n) is 11.6. The van der Waals surface area contributed by atoms with Gasteiger partial charge in [-0.1, -0.05) is 12.1 Å². The van der Waals surface area contributed by atoms with Crippen LogP contribution in [0.15, 0.2) is 53.7 Å². The topological polar surface area (TPSA) is 134 Å². The number of anilines is 5. The van der Waals surface area contributed by atoms with Gasteiger partial charge in [-0.15, -0.1) is 0 Å². The number of sulfone groups is 1. The van der Waals surface area contributed by atoms with Crippen LogP contribution in [0.2, 0.25) is 0 Å². The van der Waals surface area contributed by atoms with Gasteiger partial charge in [-0.3, -0.25) is 0 Å². The van der Waals surface area contributed by atoms with E-state index in [0.717, 1.165) is 18.8 Å². The highest BCUT2D eigenvalue weighted by molar-refractivity contribution is 7.90. The number of ether oxygens (including phenoxy) is 2. The molecule has 0 radical (unpaired) electrons. The predicted octanol–water partition coefficient (Wildman–Crippen LogP) is 3.48. The average molecular weight is 510 g/mol. The quantitative estimate of drug-likeness (QED) is 0.324. The summed E-state index contributed by atoms with van der Waals surface area (Å²) in [6.45, 7) is 5.45. The Bertz CT molecular complexity index is 1480. The van der Waals surface area contributed by atoms with Gasteiger partial charge in [-0.2, -0.15) is 9.97 Å². The summed E-state index contributed by atoms with van der Waals surface area (Å²) in [5, 5.41) is 6.37. The molecular formula is C24H27N7O4S. The van der Waals surface area contributed by atoms with Gasteiger partial charge in [-0.05, 0) is 31.2 Å². The van der Waals surface area contributed by atoms with Crippen LogP contribution in [0, 0.1) is 0 Å². The zero-order chi connectivity index (χ0) is 25.1. The minimum atomic E-state index is -3.45. The van der Waals surface area contributed by atoms with Crippen LogP contribution in [-0.4, -0.2) is 67.5 Å². The van der Waals surface area contributed by atoms with Crippen molar-refractivity contribution < 1.29 is 17.9 Å². The van der Waals surface area contributed by atoms with Gasteiger partial charge < -0.3 is 30.0 Å². The molecule has 188 valence electrons. The second-order valence-corrected chi connectivity index (χ2v) is 10.2. The predicted molar refractivity (Wildman–Crippen MR) is 138 cm³/mol. The summed E-state index contributed by atoms with van der Waals surface area (Å²) in [4.78, 5) is 18.8. The maximum atomic E-state index is 12.3. The summed E-state index contributed by atoms with van der Waals surface area (Å²) in [6.07, 6.45) is 2.68. The van der Waals surface area contributed by atoms with E-state index in [1.165, 1.54) is 12.6 Å². The number of H-pyrrole nitrogens is 1. The third kappa shape index (κ3) is 5.04. The van der Waals surface area contributed by atoms with Gasteiger partial charge in [0.05, 0.1) is 42.4 Å². The van der Waals surface area contributed by atoms with Crippen molar-refractivity contribution in [2.24, 2.45) is 0 Å². The SMILES string of the molecule is CCOc1cc(N2CCOCC2)ccc1Nc1nc(Nc2ccccc2S(C)(=O)=O)c2[nH]cnc2n1. The number of nitrogens with zero attached hydrogens (tertiary/aromatic N) is 4. The Labute approximate surface area is 208 Å². The Hall–Kier alpha value is -3.90. The number of aromatic nitrogens is 4. The number of hydrogen-bond acceptors (Lipinski definition) is 10. The average Bonchev–Trinajstić information content (AvgIpc) is 3.35. The first kappa shape index (κ1) is 23.8. The summed E-state index contributed by atoms with van der Waals surface area (Å²) in [5.74, 6) is 1.34. The zero-order valence-corrected chi connectivity index (χ0v) is 20.8. The van der Waals surface area contributed by atoms with Crippen molar-refractivity contribution in [1.82, 2.24) is 19.9 Å². The van der Waals surface area contributed by atoms with Crippen molar-refractivity contribution in [3.05, 3.63) is 48.8 Å². The molecule has 3 N–H and O–H groups in total. The Morgan fingerprint density at radius 3 is 2.67 bits per heavy atom. The molecule has 5 rings (SSSR count). The lowest BCUT2D eigenvalue weighted by Crippen LogP contribution is -2.36. The molecule has 0 bridgehead atoms. The van der Waals surface area contributed by atoms with Crippen LogP contribution in [-0.2, 0) is 14.6 Å². The van der Waals surface area contributed by atoms with Gasteiger partial charge in [0.15, 0.2) is 21.3 Å². The van der Waals surface area contributed by atoms with Crippen LogP contribution in [0.1, 0.15) is 6.92 Å². The van der Waals surface area contributed by atoms with Gasteiger partial charge in [0, 0.05) is 31.1 Å². The van der Waals surface area contributed by atoms with E-state index in [-0.39, 0.29) is 10.8 Å². The summed E-state index contributed by atoms with van der Waals surface area (Å²) in [5.41, 5.74) is 3.14. The van der Waals surface area contributed by atoms with Crippen molar-refractivity contribution in [2.75, 3.05) is 54.7 Å². The highest BCUT2D eigenvalue weighted by Crippen LogP contribution is 2.33. The molecule has 4 aromatic rings. The lowest BCUT2D eigenvalue weighted by molar-refractivity contribution is 0.122. The van der Waals surface area contributed by atoms with Crippen molar-refractivity contribution in [1.29, 1.82) is 0 Å². The molecule has 1 fully saturated rings. The molecule has 3 heterocycles. The molecule has 0 amide bonds. The molecule has 0 unspecified atom stereocenters. The molecule has 0 aliphatic carbocycles. The summed E-state index contributed by atoms with van der Waals surface area (Å²) >= 11 is 0. The molecular weight excluding hydrogens is 482 g/mol. The fourth-order valence-electron chi connectivity index (χ4n) is 4.03. The Kier molecular flexibility index (Phi) is 6.61. The van der Waals surface area contributed by atoms with Gasteiger partial charge in [-0.25, -0.2) is 13.4 Å². The Morgan fingerprint density at radius 2 is 1.89 bits per heavy atom. The number of fused-ring (bicyclic) bond motifs is 1. The maximum Gasteiger partial charge on any atom is 0.231 e. The zero-order valence-electron chi connectivity index (χ0n) is 20.0. The molecule has 1 aliphatic heterocycles. The molecule has 11 nitrogen and oxygen atoms in total. The van der Waals surface area contributed by atoms with Crippen LogP contribution in [0.5, 0.6) is 5.75 Å². The van der Waals surface area contributed by atoms with Gasteiger partial charge in [0.25, 0.3) is 0 Å². The number of imidazole rings is 1. The van der Waals surface area contributed by atoms with Gasteiger partial charge >= 0.3 is 0 Å².